The number of hydrogen-bond donors (Lipinski definition) is 9. The first-order valence-electron chi connectivity index (χ1n) is 19.2. The topological polar surface area (TPSA) is 282 Å². The van der Waals surface area contributed by atoms with Gasteiger partial charge in [0.2, 0.25) is 17.6 Å². The summed E-state index contributed by atoms with van der Waals surface area (Å²) in [6.45, 7) is 3.46. The quantitative estimate of drug-likeness (QED) is 0.0262. The lowest BCUT2D eigenvalue weighted by Crippen LogP contribution is -2.48. The largest absolute Gasteiger partial charge is 0.494 e. The Morgan fingerprint density at radius 3 is 2.37 bits per heavy atom. The maximum Gasteiger partial charge on any atom is 0.320 e. The first-order chi connectivity index (χ1) is 28.8. The molecule has 0 saturated carbocycles. The molecule has 0 radical (unpaired) electrons. The number of fused-ring (bicyclic) bond motifs is 1. The number of methoxy groups -OCH3 is 1. The van der Waals surface area contributed by atoms with Gasteiger partial charge in [-0.2, -0.15) is 4.39 Å². The molecule has 0 aliphatic rings. The fraction of sp³-hybridized carbons (Fsp3) is 0.410. The third-order valence-electron chi connectivity index (χ3n) is 9.05. The lowest BCUT2D eigenvalue weighted by molar-refractivity contribution is -0.139. The monoisotopic (exact) mass is 839 g/mol. The number of guanidine groups is 1. The van der Waals surface area contributed by atoms with Crippen LogP contribution in [0.2, 0.25) is 0 Å². The average molecular weight is 840 g/mol. The molecule has 324 valence electrons. The highest BCUT2D eigenvalue weighted by Gasteiger charge is 2.22. The summed E-state index contributed by atoms with van der Waals surface area (Å²) in [6.07, 6.45) is 5.47. The Morgan fingerprint density at radius 2 is 1.68 bits per heavy atom. The summed E-state index contributed by atoms with van der Waals surface area (Å²) < 4.78 is 46.9. The van der Waals surface area contributed by atoms with Gasteiger partial charge >= 0.3 is 5.97 Å². The number of aryl methyl sites for hydroxylation is 1. The third-order valence-corrected chi connectivity index (χ3v) is 9.05. The molecule has 2 atom stereocenters. The summed E-state index contributed by atoms with van der Waals surface area (Å²) in [4.78, 5) is 57.9. The summed E-state index contributed by atoms with van der Waals surface area (Å²) in [5.74, 6) is -4.71. The molecule has 2 heterocycles. The first kappa shape index (κ1) is 46.2. The molecule has 4 rings (SSSR count). The number of nitrogens with one attached hydrogen (secondary N) is 6. The molecule has 2 aromatic heterocycles. The number of hydrogen-bond acceptors (Lipinski definition) is 12. The number of rotatable bonds is 25. The summed E-state index contributed by atoms with van der Waals surface area (Å²) in [7, 11) is 1.26. The molecule has 21 heteroatoms. The minimum Gasteiger partial charge on any atom is -0.494 e. The molecule has 11 N–H and O–H groups in total. The molecule has 0 aliphatic carbocycles. The fourth-order valence-corrected chi connectivity index (χ4v) is 5.91. The van der Waals surface area contributed by atoms with Crippen LogP contribution in [0.5, 0.6) is 5.75 Å². The average Bonchev–Trinajstić information content (AvgIpc) is 3.67. The number of carbonyl (C=O) groups excluding carboxylic acids is 3. The van der Waals surface area contributed by atoms with Crippen LogP contribution in [0.1, 0.15) is 48.5 Å². The van der Waals surface area contributed by atoms with Crippen molar-refractivity contribution in [3.63, 3.8) is 0 Å². The summed E-state index contributed by atoms with van der Waals surface area (Å²) in [6, 6.07) is 5.90. The van der Waals surface area contributed by atoms with Crippen LogP contribution in [0, 0.1) is 17.0 Å². The number of aliphatic carboxylic acids is 1. The zero-order valence-corrected chi connectivity index (χ0v) is 33.3. The van der Waals surface area contributed by atoms with Gasteiger partial charge in [-0.3, -0.25) is 29.0 Å². The number of amides is 3. The van der Waals surface area contributed by atoms with Crippen molar-refractivity contribution in [3.05, 3.63) is 71.7 Å². The summed E-state index contributed by atoms with van der Waals surface area (Å²) >= 11 is 0. The number of imidazole rings is 1. The van der Waals surface area contributed by atoms with Crippen molar-refractivity contribution in [2.45, 2.75) is 51.1 Å². The van der Waals surface area contributed by atoms with Crippen LogP contribution < -0.4 is 42.8 Å². The molecular formula is C39H51F2N11O8. The van der Waals surface area contributed by atoms with E-state index in [0.29, 0.717) is 47.8 Å². The number of halogens is 2. The van der Waals surface area contributed by atoms with Crippen molar-refractivity contribution in [1.82, 2.24) is 35.6 Å². The highest BCUT2D eigenvalue weighted by molar-refractivity contribution is 5.96. The van der Waals surface area contributed by atoms with Gasteiger partial charge in [-0.15, -0.1) is 0 Å². The number of aromatic nitrogens is 3. The second kappa shape index (κ2) is 23.2. The molecule has 0 unspecified atom stereocenters. The molecular weight excluding hydrogens is 788 g/mol. The number of carboxylic acid groups (broad SMARTS) is 1. The van der Waals surface area contributed by atoms with Crippen molar-refractivity contribution in [3.8, 4) is 17.0 Å². The number of nitrogens with two attached hydrogens (primary N) is 2. The van der Waals surface area contributed by atoms with Crippen LogP contribution in [0.4, 0.5) is 20.3 Å². The van der Waals surface area contributed by atoms with E-state index < -0.39 is 41.5 Å². The molecule has 0 aliphatic heterocycles. The van der Waals surface area contributed by atoms with E-state index >= 15 is 0 Å². The minimum absolute atomic E-state index is 0.00373. The highest BCUT2D eigenvalue weighted by atomic mass is 19.2. The Bertz CT molecular complexity index is 2120. The molecule has 19 nitrogen and oxygen atoms in total. The van der Waals surface area contributed by atoms with Crippen LogP contribution in [-0.4, -0.2) is 114 Å². The van der Waals surface area contributed by atoms with Gasteiger partial charge in [0.25, 0.3) is 5.91 Å². The summed E-state index contributed by atoms with van der Waals surface area (Å²) in [5, 5.41) is 30.1. The second-order valence-electron chi connectivity index (χ2n) is 13.3. The van der Waals surface area contributed by atoms with E-state index in [1.807, 2.05) is 13.0 Å². The second-order valence-corrected chi connectivity index (χ2v) is 13.3. The van der Waals surface area contributed by atoms with Crippen molar-refractivity contribution in [1.29, 1.82) is 5.41 Å². The maximum atomic E-state index is 14.9. The molecule has 3 amide bonds. The number of nitrogens with zero attached hydrogens (tertiary/aromatic N) is 3. The first-order valence-corrected chi connectivity index (χ1v) is 19.2. The van der Waals surface area contributed by atoms with E-state index in [0.717, 1.165) is 5.56 Å². The Labute approximate surface area is 344 Å². The van der Waals surface area contributed by atoms with Crippen LogP contribution in [0.3, 0.4) is 0 Å². The lowest BCUT2D eigenvalue weighted by atomic mass is 10.0. The van der Waals surface area contributed by atoms with Gasteiger partial charge in [-0.25, -0.2) is 14.4 Å². The van der Waals surface area contributed by atoms with Gasteiger partial charge in [0.15, 0.2) is 29.0 Å². The summed E-state index contributed by atoms with van der Waals surface area (Å²) in [5.41, 5.74) is 13.3. The lowest BCUT2D eigenvalue weighted by Gasteiger charge is -2.19. The Morgan fingerprint density at radius 1 is 0.950 bits per heavy atom. The molecule has 4 aromatic rings. The molecule has 0 bridgehead atoms. The Hall–Kier alpha value is -6.45. The van der Waals surface area contributed by atoms with E-state index in [-0.39, 0.29) is 82.0 Å². The van der Waals surface area contributed by atoms with Crippen LogP contribution >= 0.6 is 0 Å². The molecule has 2 aromatic carbocycles. The standard InChI is InChI=1S/C39H51F2N11O8/c1-3-23-21-24(50-34-35-49-22-29(52(35)16-13-45-34)26-8-10-30(58-2)33(41)32(26)40)6-7-25(23)36(54)46-14-17-59-19-20-60-18-15-47-37(55)28(5-4-12-48-39(43)44)51-31(53)11-9-27(42)38(56)57/h6-8,10,13,16,21-22,27-28H,3-5,9,11-12,14-15,17-20,42H2,1-2H3,(H,45,50)(H,46,54)(H,47,55)(H,51,53)(H,56,57)(H4,43,44,48)/t27-,28-/m0/s1. The number of benzene rings is 2. The molecule has 0 saturated heterocycles. The molecule has 0 spiro atoms. The number of carbonyl (C=O) groups is 4. The van der Waals surface area contributed by atoms with Crippen molar-refractivity contribution < 1.29 is 47.3 Å². The van der Waals surface area contributed by atoms with E-state index in [2.05, 4.69) is 36.6 Å². The number of carboxylic acids is 1. The van der Waals surface area contributed by atoms with E-state index in [1.54, 1.807) is 22.7 Å². The fourth-order valence-electron chi connectivity index (χ4n) is 5.91. The SMILES string of the molecule is CCc1cc(Nc2nccn3c(-c4ccc(OC)c(F)c4F)cnc23)ccc1C(=O)NCCOCCOCCNC(=O)[C@H](CCCNC(=N)N)NC(=O)CC[C@H](N)C(=O)O. The Kier molecular flexibility index (Phi) is 17.9. The van der Waals surface area contributed by atoms with E-state index in [1.165, 1.54) is 31.6 Å². The zero-order valence-electron chi connectivity index (χ0n) is 33.3. The predicted molar refractivity (Wildman–Crippen MR) is 217 cm³/mol. The smallest absolute Gasteiger partial charge is 0.320 e. The van der Waals surface area contributed by atoms with Gasteiger partial charge < -0.3 is 57.4 Å². The van der Waals surface area contributed by atoms with E-state index in [9.17, 15) is 28.0 Å². The van der Waals surface area contributed by atoms with Crippen LogP contribution in [-0.2, 0) is 30.3 Å². The highest BCUT2D eigenvalue weighted by Crippen LogP contribution is 2.31. The minimum atomic E-state index is -1.23. The predicted octanol–water partition coefficient (Wildman–Crippen LogP) is 1.81. The van der Waals surface area contributed by atoms with Gasteiger partial charge in [0.1, 0.15) is 12.1 Å². The van der Waals surface area contributed by atoms with Crippen molar-refractivity contribution >= 4 is 46.8 Å². The van der Waals surface area contributed by atoms with Gasteiger partial charge in [0.05, 0.1) is 45.4 Å². The third kappa shape index (κ3) is 13.3. The maximum absolute atomic E-state index is 14.9. The van der Waals surface area contributed by atoms with Crippen LogP contribution in [0.15, 0.2) is 48.9 Å². The van der Waals surface area contributed by atoms with Gasteiger partial charge in [-0.05, 0) is 61.6 Å². The van der Waals surface area contributed by atoms with Gasteiger partial charge in [-0.1, -0.05) is 6.92 Å². The van der Waals surface area contributed by atoms with Crippen molar-refractivity contribution in [2.24, 2.45) is 11.5 Å². The Balaban J connectivity index is 1.18. The van der Waals surface area contributed by atoms with Gasteiger partial charge in [0, 0.05) is 55.3 Å². The molecule has 60 heavy (non-hydrogen) atoms. The van der Waals surface area contributed by atoms with Crippen molar-refractivity contribution in [2.75, 3.05) is 58.5 Å². The zero-order chi connectivity index (χ0) is 43.6. The normalized spacial score (nSPS) is 12.0. The number of anilines is 2. The number of ether oxygens (including phenoxy) is 3. The van der Waals surface area contributed by atoms with Crippen LogP contribution in [0.25, 0.3) is 16.9 Å². The molecule has 0 fully saturated rings. The van der Waals surface area contributed by atoms with E-state index in [4.69, 9.17) is 36.2 Å².